The molecule has 82 valence electrons. The molecule has 0 aromatic rings. The Morgan fingerprint density at radius 2 is 1.21 bits per heavy atom. The fraction of sp³-hybridized carbons (Fsp3) is 1.00. The maximum atomic E-state index is 5.60. The normalized spacial score (nSPS) is 45.0. The molecule has 2 aliphatic heterocycles. The van der Waals surface area contributed by atoms with E-state index in [1.165, 1.54) is 0 Å². The van der Waals surface area contributed by atoms with Crippen LogP contribution < -0.4 is 0 Å². The summed E-state index contributed by atoms with van der Waals surface area (Å²) < 4.78 is 22.1. The van der Waals surface area contributed by atoms with Crippen molar-refractivity contribution in [1.82, 2.24) is 0 Å². The van der Waals surface area contributed by atoms with Gasteiger partial charge < -0.3 is 18.9 Å². The number of hydrogen-bond donors (Lipinski definition) is 0. The van der Waals surface area contributed by atoms with Crippen molar-refractivity contribution in [3.8, 4) is 0 Å². The zero-order valence-corrected chi connectivity index (χ0v) is 8.77. The highest BCUT2D eigenvalue weighted by atomic mass is 16.8. The molecule has 14 heavy (non-hydrogen) atoms. The molecule has 4 nitrogen and oxygen atoms in total. The van der Waals surface area contributed by atoms with Gasteiger partial charge in [-0.05, 0) is 26.7 Å². The summed E-state index contributed by atoms with van der Waals surface area (Å²) in [4.78, 5) is 0. The summed E-state index contributed by atoms with van der Waals surface area (Å²) in [7, 11) is 0. The Balaban J connectivity index is 1.86. The first-order chi connectivity index (χ1) is 6.75. The van der Waals surface area contributed by atoms with Crippen molar-refractivity contribution in [2.45, 2.75) is 51.5 Å². The maximum absolute atomic E-state index is 5.60. The monoisotopic (exact) mass is 202 g/mol. The number of rotatable bonds is 1. The third kappa shape index (κ3) is 2.45. The van der Waals surface area contributed by atoms with Crippen molar-refractivity contribution in [2.24, 2.45) is 0 Å². The summed E-state index contributed by atoms with van der Waals surface area (Å²) in [5.41, 5.74) is 0. The van der Waals surface area contributed by atoms with Crippen LogP contribution in [0.1, 0.15) is 26.7 Å². The lowest BCUT2D eigenvalue weighted by molar-refractivity contribution is -0.338. The van der Waals surface area contributed by atoms with E-state index in [0.717, 1.165) is 26.1 Å². The fourth-order valence-electron chi connectivity index (χ4n) is 1.66. The number of ether oxygens (including phenoxy) is 4. The van der Waals surface area contributed by atoms with Crippen LogP contribution in [0.2, 0.25) is 0 Å². The third-order valence-electron chi connectivity index (χ3n) is 2.57. The molecule has 2 rings (SSSR count). The molecule has 2 fully saturated rings. The van der Waals surface area contributed by atoms with E-state index in [2.05, 4.69) is 0 Å². The molecule has 0 spiro atoms. The molecule has 0 N–H and O–H groups in total. The smallest absolute Gasteiger partial charge is 0.209 e. The predicted molar refractivity (Wildman–Crippen MR) is 49.8 cm³/mol. The summed E-state index contributed by atoms with van der Waals surface area (Å²) in [6, 6.07) is 0. The van der Waals surface area contributed by atoms with Crippen LogP contribution in [0.3, 0.4) is 0 Å². The molecule has 0 radical (unpaired) electrons. The van der Waals surface area contributed by atoms with E-state index in [-0.39, 0.29) is 24.8 Å². The Hall–Kier alpha value is -0.160. The van der Waals surface area contributed by atoms with Gasteiger partial charge in [0.15, 0.2) is 0 Å². The van der Waals surface area contributed by atoms with Gasteiger partial charge in [-0.2, -0.15) is 0 Å². The Morgan fingerprint density at radius 1 is 0.786 bits per heavy atom. The minimum Gasteiger partial charge on any atom is -0.348 e. The van der Waals surface area contributed by atoms with Crippen LogP contribution >= 0.6 is 0 Å². The van der Waals surface area contributed by atoms with E-state index in [4.69, 9.17) is 18.9 Å². The van der Waals surface area contributed by atoms with Crippen LogP contribution in [0.25, 0.3) is 0 Å². The first-order valence-corrected chi connectivity index (χ1v) is 5.30. The number of hydrogen-bond acceptors (Lipinski definition) is 4. The van der Waals surface area contributed by atoms with Gasteiger partial charge in [0.1, 0.15) is 0 Å². The van der Waals surface area contributed by atoms with Gasteiger partial charge >= 0.3 is 0 Å². The van der Waals surface area contributed by atoms with Gasteiger partial charge in [-0.3, -0.25) is 0 Å². The van der Waals surface area contributed by atoms with Crippen LogP contribution in [0, 0.1) is 0 Å². The third-order valence-corrected chi connectivity index (χ3v) is 2.57. The van der Waals surface area contributed by atoms with Crippen LogP contribution in [0.15, 0.2) is 0 Å². The average Bonchev–Trinajstić information content (AvgIpc) is 2.18. The summed E-state index contributed by atoms with van der Waals surface area (Å²) in [6.45, 7) is 5.54. The lowest BCUT2D eigenvalue weighted by atomic mass is 10.2. The average molecular weight is 202 g/mol. The summed E-state index contributed by atoms with van der Waals surface area (Å²) in [5, 5.41) is 0. The van der Waals surface area contributed by atoms with Gasteiger partial charge in [-0.15, -0.1) is 0 Å². The van der Waals surface area contributed by atoms with Crippen molar-refractivity contribution in [3.05, 3.63) is 0 Å². The van der Waals surface area contributed by atoms with Crippen molar-refractivity contribution in [1.29, 1.82) is 0 Å². The maximum Gasteiger partial charge on any atom is 0.209 e. The molecule has 0 bridgehead atoms. The molecule has 2 aliphatic rings. The van der Waals surface area contributed by atoms with Gasteiger partial charge in [-0.1, -0.05) is 0 Å². The zero-order valence-electron chi connectivity index (χ0n) is 8.77. The van der Waals surface area contributed by atoms with Crippen molar-refractivity contribution in [3.63, 3.8) is 0 Å². The van der Waals surface area contributed by atoms with E-state index in [1.54, 1.807) is 0 Å². The molecule has 2 saturated heterocycles. The van der Waals surface area contributed by atoms with E-state index < -0.39 is 0 Å². The van der Waals surface area contributed by atoms with Gasteiger partial charge in [-0.25, -0.2) is 0 Å². The molecular weight excluding hydrogens is 184 g/mol. The zero-order chi connectivity index (χ0) is 9.97. The van der Waals surface area contributed by atoms with Crippen LogP contribution in [-0.4, -0.2) is 38.0 Å². The summed E-state index contributed by atoms with van der Waals surface area (Å²) in [5.74, 6) is 0. The summed E-state index contributed by atoms with van der Waals surface area (Å²) in [6.07, 6.45) is 1.66. The van der Waals surface area contributed by atoms with Gasteiger partial charge in [0.2, 0.25) is 12.6 Å². The molecule has 4 heteroatoms. The summed E-state index contributed by atoms with van der Waals surface area (Å²) >= 11 is 0. The first-order valence-electron chi connectivity index (χ1n) is 5.30. The van der Waals surface area contributed by atoms with Crippen molar-refractivity contribution >= 4 is 0 Å². The SMILES string of the molecule is CC1CCOC(C2OCCC(C)O2)O1. The lowest BCUT2D eigenvalue weighted by Crippen LogP contribution is -2.45. The fourth-order valence-corrected chi connectivity index (χ4v) is 1.66. The van der Waals surface area contributed by atoms with Crippen LogP contribution in [-0.2, 0) is 18.9 Å². The second-order valence-corrected chi connectivity index (χ2v) is 3.95. The molecule has 4 unspecified atom stereocenters. The molecule has 0 amide bonds. The topological polar surface area (TPSA) is 36.9 Å². The van der Waals surface area contributed by atoms with Crippen LogP contribution in [0.4, 0.5) is 0 Å². The molecule has 4 atom stereocenters. The van der Waals surface area contributed by atoms with Crippen molar-refractivity contribution < 1.29 is 18.9 Å². The Kier molecular flexibility index (Phi) is 3.38. The molecule has 0 saturated carbocycles. The first kappa shape index (κ1) is 10.4. The molecule has 0 aromatic heterocycles. The molecule has 2 heterocycles. The predicted octanol–water partition coefficient (Wildman–Crippen LogP) is 1.29. The second kappa shape index (κ2) is 4.57. The minimum atomic E-state index is -0.346. The Morgan fingerprint density at radius 3 is 1.57 bits per heavy atom. The van der Waals surface area contributed by atoms with Gasteiger partial charge in [0.05, 0.1) is 25.4 Å². The lowest BCUT2D eigenvalue weighted by Gasteiger charge is -2.36. The molecule has 0 aromatic carbocycles. The van der Waals surface area contributed by atoms with E-state index in [9.17, 15) is 0 Å². The highest BCUT2D eigenvalue weighted by Crippen LogP contribution is 2.22. The van der Waals surface area contributed by atoms with Gasteiger partial charge in [0.25, 0.3) is 0 Å². The van der Waals surface area contributed by atoms with Crippen LogP contribution in [0.5, 0.6) is 0 Å². The minimum absolute atomic E-state index is 0.234. The Bertz CT molecular complexity index is 165. The van der Waals surface area contributed by atoms with Gasteiger partial charge in [0, 0.05) is 0 Å². The highest BCUT2D eigenvalue weighted by Gasteiger charge is 2.33. The second-order valence-electron chi connectivity index (χ2n) is 3.95. The highest BCUT2D eigenvalue weighted by molar-refractivity contribution is 4.66. The molecule has 0 aliphatic carbocycles. The standard InChI is InChI=1S/C10H18O4/c1-7-3-5-11-9(13-7)10-12-6-4-8(2)14-10/h7-10H,3-6H2,1-2H3. The van der Waals surface area contributed by atoms with E-state index >= 15 is 0 Å². The van der Waals surface area contributed by atoms with E-state index in [1.807, 2.05) is 13.8 Å². The molecular formula is C10H18O4. The Labute approximate surface area is 84.5 Å². The largest absolute Gasteiger partial charge is 0.348 e. The quantitative estimate of drug-likeness (QED) is 0.642. The van der Waals surface area contributed by atoms with E-state index in [0.29, 0.717) is 0 Å². The van der Waals surface area contributed by atoms with Crippen molar-refractivity contribution in [2.75, 3.05) is 13.2 Å².